The Morgan fingerprint density at radius 3 is 2.66 bits per heavy atom. The van der Waals surface area contributed by atoms with Crippen molar-refractivity contribution >= 4 is 33.4 Å². The number of phenols is 1. The minimum absolute atomic E-state index is 0.0811. The lowest BCUT2D eigenvalue weighted by Crippen LogP contribution is -2.51. The van der Waals surface area contributed by atoms with E-state index in [9.17, 15) is 9.90 Å². The van der Waals surface area contributed by atoms with Crippen LogP contribution in [0.1, 0.15) is 44.9 Å². The number of anilines is 1. The fraction of sp³-hybridized carbons (Fsp3) is 0.441. The van der Waals surface area contributed by atoms with Crippen LogP contribution >= 0.6 is 0 Å². The fourth-order valence-corrected chi connectivity index (χ4v) is 7.29. The number of carbonyl (C=O) groups excluding carboxylic acids is 1. The summed E-state index contributed by atoms with van der Waals surface area (Å²) in [5.41, 5.74) is 6.51. The smallest absolute Gasteiger partial charge is 0.319 e. The van der Waals surface area contributed by atoms with Crippen LogP contribution in [0.25, 0.3) is 32.8 Å². The summed E-state index contributed by atoms with van der Waals surface area (Å²) in [7, 11) is 0. The third-order valence-electron chi connectivity index (χ3n) is 9.44. The van der Waals surface area contributed by atoms with Crippen LogP contribution in [0.5, 0.6) is 11.8 Å². The number of phenolic OH excluding ortho intramolecular Hbond substituents is 1. The van der Waals surface area contributed by atoms with Gasteiger partial charge in [-0.2, -0.15) is 9.97 Å². The normalized spacial score (nSPS) is 21.8. The molecule has 230 valence electrons. The number of nitrogens with zero attached hydrogens (tertiary/aromatic N) is 4. The second-order valence-electron chi connectivity index (χ2n) is 12.5. The highest BCUT2D eigenvalue weighted by atomic mass is 19.1. The number of rotatable bonds is 10. The van der Waals surface area contributed by atoms with E-state index in [4.69, 9.17) is 15.5 Å². The molecule has 0 spiro atoms. The molecule has 1 aromatic heterocycles. The van der Waals surface area contributed by atoms with Gasteiger partial charge in [-0.15, -0.1) is 0 Å². The molecule has 4 aromatic rings. The van der Waals surface area contributed by atoms with Gasteiger partial charge in [0.05, 0.1) is 0 Å². The number of benzene rings is 3. The van der Waals surface area contributed by atoms with Crippen molar-refractivity contribution in [2.24, 2.45) is 5.73 Å². The number of primary amides is 1. The zero-order chi connectivity index (χ0) is 30.2. The molecule has 4 heterocycles. The van der Waals surface area contributed by atoms with Crippen LogP contribution in [0.2, 0.25) is 0 Å². The Labute approximate surface area is 256 Å². The van der Waals surface area contributed by atoms with Gasteiger partial charge in [-0.25, -0.2) is 4.39 Å². The monoisotopic (exact) mass is 598 g/mol. The van der Waals surface area contributed by atoms with E-state index in [1.54, 1.807) is 18.2 Å². The van der Waals surface area contributed by atoms with Crippen molar-refractivity contribution in [2.75, 3.05) is 37.7 Å². The van der Waals surface area contributed by atoms with Gasteiger partial charge in [0, 0.05) is 48.6 Å². The Morgan fingerprint density at radius 2 is 1.84 bits per heavy atom. The number of piperazine rings is 1. The summed E-state index contributed by atoms with van der Waals surface area (Å²) >= 11 is 0. The van der Waals surface area contributed by atoms with E-state index in [0.29, 0.717) is 47.4 Å². The van der Waals surface area contributed by atoms with Crippen molar-refractivity contribution in [3.63, 3.8) is 0 Å². The van der Waals surface area contributed by atoms with E-state index in [-0.39, 0.29) is 29.2 Å². The molecule has 2 unspecified atom stereocenters. The number of halogens is 1. The predicted molar refractivity (Wildman–Crippen MR) is 169 cm³/mol. The molecule has 0 saturated carbocycles. The van der Waals surface area contributed by atoms with Gasteiger partial charge in [-0.3, -0.25) is 9.69 Å². The van der Waals surface area contributed by atoms with E-state index in [1.807, 2.05) is 30.3 Å². The topological polar surface area (TPSA) is 117 Å². The lowest BCUT2D eigenvalue weighted by molar-refractivity contribution is -0.118. The maximum Gasteiger partial charge on any atom is 0.319 e. The van der Waals surface area contributed by atoms with E-state index in [1.165, 1.54) is 0 Å². The first-order valence-electron chi connectivity index (χ1n) is 15.8. The Balaban J connectivity index is 1.23. The molecule has 7 rings (SSSR count). The maximum absolute atomic E-state index is 16.6. The number of nitrogens with one attached hydrogen (secondary N) is 1. The van der Waals surface area contributed by atoms with Crippen LogP contribution in [-0.4, -0.2) is 76.8 Å². The molecular formula is C34H39FN6O3. The zero-order valence-corrected chi connectivity index (χ0v) is 24.8. The molecule has 2 bridgehead atoms. The quantitative estimate of drug-likeness (QED) is 0.224. The lowest BCUT2D eigenvalue weighted by Gasteiger charge is -2.34. The summed E-state index contributed by atoms with van der Waals surface area (Å²) in [6.07, 6.45) is 6.40. The molecule has 3 aromatic carbocycles. The Bertz CT molecular complexity index is 1690. The number of likely N-dealkylation sites (tertiary alicyclic amines) is 1. The molecule has 0 radical (unpaired) electrons. The van der Waals surface area contributed by atoms with Crippen molar-refractivity contribution in [1.29, 1.82) is 0 Å². The first kappa shape index (κ1) is 28.7. The van der Waals surface area contributed by atoms with E-state index in [2.05, 4.69) is 20.1 Å². The van der Waals surface area contributed by atoms with E-state index >= 15 is 4.39 Å². The number of aromatic hydroxyl groups is 1. The number of aromatic nitrogens is 2. The average molecular weight is 599 g/mol. The highest BCUT2D eigenvalue weighted by Gasteiger charge is 2.34. The van der Waals surface area contributed by atoms with Crippen LogP contribution < -0.4 is 20.7 Å². The lowest BCUT2D eigenvalue weighted by atomic mass is 9.96. The number of carbonyl (C=O) groups is 1. The summed E-state index contributed by atoms with van der Waals surface area (Å²) in [5.74, 6) is 0.0597. The number of unbranched alkanes of at least 4 members (excludes halogenated alkanes) is 1. The Kier molecular flexibility index (Phi) is 7.95. The molecule has 44 heavy (non-hydrogen) atoms. The van der Waals surface area contributed by atoms with Crippen LogP contribution in [0.3, 0.4) is 0 Å². The highest BCUT2D eigenvalue weighted by Crippen LogP contribution is 2.39. The number of ether oxygens (including phenoxy) is 1. The standard InChI is InChI=1S/C34H39FN6O3/c35-31-27(29-17-25(42)16-21-6-1-2-8-26(21)29)12-13-28-32(31)38-34(39-33(28)41-18-22-10-11-23(19-41)37-22)44-20-24-7-5-15-40(24)14-4-3-9-30(36)43/h1-2,6,8,12-13,16-17,22-24,37,42H,3-5,7,9-11,14-15,18-20H2,(H2,36,43)/t22?,23?,24-/m0/s1. The zero-order valence-electron chi connectivity index (χ0n) is 24.8. The van der Waals surface area contributed by atoms with Gasteiger partial charge in [-0.05, 0) is 86.1 Å². The molecule has 4 N–H and O–H groups in total. The number of hydrogen-bond donors (Lipinski definition) is 3. The van der Waals surface area contributed by atoms with Gasteiger partial charge in [0.25, 0.3) is 0 Å². The third-order valence-corrected chi connectivity index (χ3v) is 9.44. The SMILES string of the molecule is NC(=O)CCCCN1CCC[C@H]1COc1nc(N2CC3CCC(C2)N3)c2ccc(-c3cc(O)cc4ccccc34)c(F)c2n1. The minimum Gasteiger partial charge on any atom is -0.508 e. The Hall–Kier alpha value is -4.02. The van der Waals surface area contributed by atoms with E-state index < -0.39 is 5.82 Å². The molecule has 3 aliphatic heterocycles. The third kappa shape index (κ3) is 5.76. The van der Waals surface area contributed by atoms with Gasteiger partial charge in [0.1, 0.15) is 23.7 Å². The number of amides is 1. The second-order valence-corrected chi connectivity index (χ2v) is 12.5. The summed E-state index contributed by atoms with van der Waals surface area (Å²) in [6, 6.07) is 15.8. The molecule has 3 saturated heterocycles. The number of hydrogen-bond acceptors (Lipinski definition) is 8. The molecule has 3 aliphatic rings. The largest absolute Gasteiger partial charge is 0.508 e. The molecular weight excluding hydrogens is 559 g/mol. The van der Waals surface area contributed by atoms with Crippen molar-refractivity contribution in [1.82, 2.24) is 20.2 Å². The van der Waals surface area contributed by atoms with Gasteiger partial charge in [-0.1, -0.05) is 30.3 Å². The van der Waals surface area contributed by atoms with Crippen molar-refractivity contribution in [3.05, 3.63) is 54.3 Å². The minimum atomic E-state index is -0.457. The molecule has 3 fully saturated rings. The van der Waals surface area contributed by atoms with Crippen LogP contribution in [0, 0.1) is 5.82 Å². The van der Waals surface area contributed by atoms with Crippen molar-refractivity contribution in [3.8, 4) is 22.9 Å². The number of nitrogens with two attached hydrogens (primary N) is 1. The molecule has 3 atom stereocenters. The van der Waals surface area contributed by atoms with Gasteiger partial charge in [0.2, 0.25) is 5.91 Å². The summed E-state index contributed by atoms with van der Waals surface area (Å²) < 4.78 is 22.9. The van der Waals surface area contributed by atoms with Crippen LogP contribution in [0.15, 0.2) is 48.5 Å². The number of fused-ring (bicyclic) bond motifs is 4. The summed E-state index contributed by atoms with van der Waals surface area (Å²) in [5, 5.41) is 16.5. The molecule has 9 nitrogen and oxygen atoms in total. The molecule has 1 amide bonds. The van der Waals surface area contributed by atoms with Crippen LogP contribution in [-0.2, 0) is 4.79 Å². The van der Waals surface area contributed by atoms with Gasteiger partial charge < -0.3 is 25.8 Å². The van der Waals surface area contributed by atoms with Crippen molar-refractivity contribution in [2.45, 2.75) is 63.1 Å². The van der Waals surface area contributed by atoms with Crippen LogP contribution in [0.4, 0.5) is 10.2 Å². The molecule has 10 heteroatoms. The predicted octanol–water partition coefficient (Wildman–Crippen LogP) is 4.73. The molecule has 0 aliphatic carbocycles. The summed E-state index contributed by atoms with van der Waals surface area (Å²) in [6.45, 7) is 3.86. The summed E-state index contributed by atoms with van der Waals surface area (Å²) in [4.78, 5) is 25.3. The Morgan fingerprint density at radius 1 is 1.02 bits per heavy atom. The van der Waals surface area contributed by atoms with E-state index in [0.717, 1.165) is 75.5 Å². The maximum atomic E-state index is 16.6. The first-order valence-corrected chi connectivity index (χ1v) is 15.8. The van der Waals surface area contributed by atoms with Crippen molar-refractivity contribution < 1.29 is 19.0 Å². The van der Waals surface area contributed by atoms with Gasteiger partial charge in [0.15, 0.2) is 5.82 Å². The average Bonchev–Trinajstić information content (AvgIpc) is 3.62. The first-order chi connectivity index (χ1) is 21.4. The second kappa shape index (κ2) is 12.2. The fourth-order valence-electron chi connectivity index (χ4n) is 7.29. The van der Waals surface area contributed by atoms with Gasteiger partial charge >= 0.3 is 6.01 Å². The highest BCUT2D eigenvalue weighted by molar-refractivity contribution is 6.01.